The standard InChI is InChI=1S/C12H15NO/c1-9(14)12-7-10-5-3-2-4-6-11(10)8-13-12/h2-5,12-13H,6-8H2,1H3. The van der Waals surface area contributed by atoms with Gasteiger partial charge in [0.25, 0.3) is 0 Å². The molecule has 1 aliphatic heterocycles. The van der Waals surface area contributed by atoms with Crippen molar-refractivity contribution in [3.8, 4) is 0 Å². The third-order valence-electron chi connectivity index (χ3n) is 2.84. The summed E-state index contributed by atoms with van der Waals surface area (Å²) in [5, 5.41) is 3.27. The Kier molecular flexibility index (Phi) is 2.64. The van der Waals surface area contributed by atoms with Crippen LogP contribution in [0.4, 0.5) is 0 Å². The molecule has 0 saturated heterocycles. The van der Waals surface area contributed by atoms with Crippen LogP contribution in [0.15, 0.2) is 35.5 Å². The fourth-order valence-corrected chi connectivity index (χ4v) is 1.93. The van der Waals surface area contributed by atoms with Crippen molar-refractivity contribution in [1.29, 1.82) is 0 Å². The third-order valence-corrected chi connectivity index (χ3v) is 2.84. The number of carbonyl (C=O) groups is 1. The van der Waals surface area contributed by atoms with Gasteiger partial charge in [-0.2, -0.15) is 0 Å². The molecular weight excluding hydrogens is 174 g/mol. The van der Waals surface area contributed by atoms with Gasteiger partial charge in [0.05, 0.1) is 6.04 Å². The molecule has 2 aliphatic rings. The Labute approximate surface area is 84.4 Å². The van der Waals surface area contributed by atoms with Gasteiger partial charge < -0.3 is 5.32 Å². The summed E-state index contributed by atoms with van der Waals surface area (Å²) in [6.45, 7) is 2.51. The van der Waals surface area contributed by atoms with Crippen molar-refractivity contribution in [2.24, 2.45) is 0 Å². The predicted molar refractivity (Wildman–Crippen MR) is 57.0 cm³/mol. The minimum Gasteiger partial charge on any atom is -0.303 e. The maximum Gasteiger partial charge on any atom is 0.147 e. The molecule has 0 spiro atoms. The predicted octanol–water partition coefficient (Wildman–Crippen LogP) is 1.75. The molecule has 0 aromatic rings. The minimum atomic E-state index is 0.0245. The van der Waals surface area contributed by atoms with Gasteiger partial charge in [-0.1, -0.05) is 24.3 Å². The Morgan fingerprint density at radius 2 is 2.36 bits per heavy atom. The van der Waals surface area contributed by atoms with Crippen LogP contribution < -0.4 is 5.32 Å². The second-order valence-corrected chi connectivity index (χ2v) is 3.87. The van der Waals surface area contributed by atoms with E-state index in [-0.39, 0.29) is 11.8 Å². The van der Waals surface area contributed by atoms with Gasteiger partial charge in [-0.05, 0) is 30.9 Å². The van der Waals surface area contributed by atoms with Crippen molar-refractivity contribution in [1.82, 2.24) is 5.32 Å². The number of carbonyl (C=O) groups excluding carboxylic acids is 1. The number of hydrogen-bond donors (Lipinski definition) is 1. The maximum atomic E-state index is 11.2. The van der Waals surface area contributed by atoms with Crippen LogP contribution in [0.3, 0.4) is 0 Å². The summed E-state index contributed by atoms with van der Waals surface area (Å²) in [4.78, 5) is 11.2. The van der Waals surface area contributed by atoms with E-state index in [0.717, 1.165) is 19.4 Å². The summed E-state index contributed by atoms with van der Waals surface area (Å²) in [6, 6.07) is 0.0245. The van der Waals surface area contributed by atoms with E-state index in [9.17, 15) is 4.79 Å². The number of nitrogens with one attached hydrogen (secondary N) is 1. The highest BCUT2D eigenvalue weighted by Gasteiger charge is 2.21. The first-order valence-corrected chi connectivity index (χ1v) is 5.05. The first-order chi connectivity index (χ1) is 6.77. The van der Waals surface area contributed by atoms with Gasteiger partial charge >= 0.3 is 0 Å². The van der Waals surface area contributed by atoms with E-state index in [2.05, 4.69) is 29.6 Å². The quantitative estimate of drug-likeness (QED) is 0.681. The molecule has 0 saturated carbocycles. The first-order valence-electron chi connectivity index (χ1n) is 5.05. The summed E-state index contributed by atoms with van der Waals surface area (Å²) in [5.74, 6) is 0.238. The van der Waals surface area contributed by atoms with Crippen LogP contribution in [0.25, 0.3) is 0 Å². The van der Waals surface area contributed by atoms with E-state index in [1.54, 1.807) is 6.92 Å². The smallest absolute Gasteiger partial charge is 0.147 e. The molecule has 2 rings (SSSR count). The molecule has 1 aliphatic carbocycles. The molecule has 0 fully saturated rings. The van der Waals surface area contributed by atoms with Crippen molar-refractivity contribution < 1.29 is 4.79 Å². The number of allylic oxidation sites excluding steroid dienone is 4. The molecule has 0 aromatic carbocycles. The highest BCUT2D eigenvalue weighted by Crippen LogP contribution is 2.22. The van der Waals surface area contributed by atoms with Crippen molar-refractivity contribution >= 4 is 5.78 Å². The number of Topliss-reactive ketones (excluding diaryl/α,β-unsaturated/α-hetero) is 1. The van der Waals surface area contributed by atoms with E-state index < -0.39 is 0 Å². The van der Waals surface area contributed by atoms with Gasteiger partial charge in [0.1, 0.15) is 5.78 Å². The Morgan fingerprint density at radius 3 is 3.14 bits per heavy atom. The van der Waals surface area contributed by atoms with Crippen LogP contribution in [0.5, 0.6) is 0 Å². The lowest BCUT2D eigenvalue weighted by Crippen LogP contribution is -2.40. The van der Waals surface area contributed by atoms with Gasteiger partial charge in [0.2, 0.25) is 0 Å². The monoisotopic (exact) mass is 189 g/mol. The Balaban J connectivity index is 2.18. The summed E-state index contributed by atoms with van der Waals surface area (Å²) >= 11 is 0. The van der Waals surface area contributed by atoms with Crippen molar-refractivity contribution in [3.05, 3.63) is 35.5 Å². The molecule has 0 bridgehead atoms. The van der Waals surface area contributed by atoms with E-state index in [1.807, 2.05) is 0 Å². The third kappa shape index (κ3) is 1.85. The highest BCUT2D eigenvalue weighted by molar-refractivity contribution is 5.82. The fourth-order valence-electron chi connectivity index (χ4n) is 1.93. The molecule has 1 unspecified atom stereocenters. The van der Waals surface area contributed by atoms with Crippen molar-refractivity contribution in [2.75, 3.05) is 6.54 Å². The highest BCUT2D eigenvalue weighted by atomic mass is 16.1. The molecule has 2 nitrogen and oxygen atoms in total. The Morgan fingerprint density at radius 1 is 1.50 bits per heavy atom. The SMILES string of the molecule is CC(=O)C1CC2=C(CC=CC=C2)CN1. The average Bonchev–Trinajstić information content (AvgIpc) is 2.41. The van der Waals surface area contributed by atoms with E-state index in [1.165, 1.54) is 11.1 Å². The van der Waals surface area contributed by atoms with Crippen LogP contribution in [0.2, 0.25) is 0 Å². The zero-order valence-electron chi connectivity index (χ0n) is 8.42. The van der Waals surface area contributed by atoms with Crippen LogP contribution >= 0.6 is 0 Å². The second-order valence-electron chi connectivity index (χ2n) is 3.87. The number of rotatable bonds is 1. The van der Waals surface area contributed by atoms with Gasteiger partial charge in [0, 0.05) is 6.54 Å². The summed E-state index contributed by atoms with van der Waals surface area (Å²) in [6.07, 6.45) is 10.3. The van der Waals surface area contributed by atoms with E-state index in [4.69, 9.17) is 0 Å². The molecule has 0 aromatic heterocycles. The molecule has 2 heteroatoms. The molecule has 74 valence electrons. The van der Waals surface area contributed by atoms with Crippen LogP contribution in [-0.4, -0.2) is 18.4 Å². The molecular formula is C12H15NO. The lowest BCUT2D eigenvalue weighted by molar-refractivity contribution is -0.119. The zero-order chi connectivity index (χ0) is 9.97. The lowest BCUT2D eigenvalue weighted by Gasteiger charge is -2.25. The Hall–Kier alpha value is -1.15. The largest absolute Gasteiger partial charge is 0.303 e. The molecule has 1 heterocycles. The van der Waals surface area contributed by atoms with E-state index >= 15 is 0 Å². The minimum absolute atomic E-state index is 0.0245. The van der Waals surface area contributed by atoms with Crippen LogP contribution in [-0.2, 0) is 4.79 Å². The first kappa shape index (κ1) is 9.41. The van der Waals surface area contributed by atoms with Crippen LogP contribution in [0.1, 0.15) is 19.8 Å². The van der Waals surface area contributed by atoms with Gasteiger partial charge in [0.15, 0.2) is 0 Å². The van der Waals surface area contributed by atoms with Crippen molar-refractivity contribution in [3.63, 3.8) is 0 Å². The second kappa shape index (κ2) is 3.93. The topological polar surface area (TPSA) is 29.1 Å². The summed E-state index contributed by atoms with van der Waals surface area (Å²) < 4.78 is 0. The molecule has 0 amide bonds. The van der Waals surface area contributed by atoms with Gasteiger partial charge in [-0.15, -0.1) is 0 Å². The summed E-state index contributed by atoms with van der Waals surface area (Å²) in [5.41, 5.74) is 2.77. The molecule has 1 atom stereocenters. The molecule has 0 radical (unpaired) electrons. The van der Waals surface area contributed by atoms with Gasteiger partial charge in [-0.3, -0.25) is 4.79 Å². The normalized spacial score (nSPS) is 25.9. The number of ketones is 1. The Bertz CT molecular complexity index is 336. The lowest BCUT2D eigenvalue weighted by atomic mass is 9.93. The average molecular weight is 189 g/mol. The van der Waals surface area contributed by atoms with Crippen molar-refractivity contribution in [2.45, 2.75) is 25.8 Å². The van der Waals surface area contributed by atoms with Crippen LogP contribution in [0, 0.1) is 0 Å². The summed E-state index contributed by atoms with van der Waals surface area (Å²) in [7, 11) is 0. The van der Waals surface area contributed by atoms with Gasteiger partial charge in [-0.25, -0.2) is 0 Å². The van der Waals surface area contributed by atoms with E-state index in [0.29, 0.717) is 0 Å². The maximum absolute atomic E-state index is 11.2. The fraction of sp³-hybridized carbons (Fsp3) is 0.417. The number of hydrogen-bond acceptors (Lipinski definition) is 2. The molecule has 14 heavy (non-hydrogen) atoms. The zero-order valence-corrected chi connectivity index (χ0v) is 8.42. The molecule has 1 N–H and O–H groups in total.